The molecule has 0 spiro atoms. The van der Waals surface area contributed by atoms with Crippen LogP contribution in [-0.4, -0.2) is 89.4 Å². The van der Waals surface area contributed by atoms with Crippen molar-refractivity contribution in [1.29, 1.82) is 0 Å². The molecule has 4 rings (SSSR count). The normalized spacial score (nSPS) is 21.3. The van der Waals surface area contributed by atoms with E-state index in [1.54, 1.807) is 20.8 Å². The SMILES string of the molecule is Br.CC(C)(C)OC(=O)N1CSC[C@H]1C(=O)N[C@@H](COCC1CCCCC1)C(=O)NC1CCN(Cc2ccccc2)CC1. The summed E-state index contributed by atoms with van der Waals surface area (Å²) in [5, 5.41) is 6.11. The molecule has 0 bridgehead atoms. The molecule has 2 saturated heterocycles. The topological polar surface area (TPSA) is 100 Å². The zero-order valence-corrected chi connectivity index (χ0v) is 27.9. The fourth-order valence-corrected chi connectivity index (χ4v) is 6.84. The van der Waals surface area contributed by atoms with E-state index in [4.69, 9.17) is 9.47 Å². The van der Waals surface area contributed by atoms with Crippen LogP contribution in [-0.2, 0) is 25.6 Å². The van der Waals surface area contributed by atoms with E-state index >= 15 is 0 Å². The zero-order valence-electron chi connectivity index (χ0n) is 25.3. The van der Waals surface area contributed by atoms with Crippen LogP contribution in [0.15, 0.2) is 30.3 Å². The minimum atomic E-state index is -0.820. The molecule has 11 heteroatoms. The third-order valence-corrected chi connectivity index (χ3v) is 9.00. The number of carbonyl (C=O) groups is 3. The van der Waals surface area contributed by atoms with Crippen molar-refractivity contribution in [2.75, 3.05) is 37.9 Å². The molecule has 3 aliphatic rings. The third kappa shape index (κ3) is 11.0. The van der Waals surface area contributed by atoms with Crippen LogP contribution in [0.2, 0.25) is 0 Å². The Morgan fingerprint density at radius 3 is 2.38 bits per heavy atom. The van der Waals surface area contributed by atoms with Crippen LogP contribution in [0.1, 0.15) is 71.3 Å². The Hall–Kier alpha value is -1.82. The van der Waals surface area contributed by atoms with Crippen LogP contribution in [0, 0.1) is 5.92 Å². The van der Waals surface area contributed by atoms with E-state index in [9.17, 15) is 14.4 Å². The van der Waals surface area contributed by atoms with E-state index in [1.807, 2.05) is 6.07 Å². The number of benzene rings is 1. The molecule has 1 aliphatic carbocycles. The maximum absolute atomic E-state index is 13.5. The maximum Gasteiger partial charge on any atom is 0.411 e. The first-order chi connectivity index (χ1) is 19.7. The highest BCUT2D eigenvalue weighted by Gasteiger charge is 2.39. The molecule has 9 nitrogen and oxygen atoms in total. The lowest BCUT2D eigenvalue weighted by Crippen LogP contribution is -2.57. The predicted octanol–water partition coefficient (Wildman–Crippen LogP) is 4.74. The van der Waals surface area contributed by atoms with Crippen molar-refractivity contribution < 1.29 is 23.9 Å². The van der Waals surface area contributed by atoms with Gasteiger partial charge < -0.3 is 20.1 Å². The van der Waals surface area contributed by atoms with Gasteiger partial charge in [-0.05, 0) is 57.9 Å². The molecular weight excluding hydrogens is 620 g/mol. The molecular formula is C31H49BrN4O5S. The van der Waals surface area contributed by atoms with E-state index in [0.29, 0.717) is 24.2 Å². The number of amides is 3. The highest BCUT2D eigenvalue weighted by atomic mass is 79.9. The monoisotopic (exact) mass is 668 g/mol. The number of nitrogens with one attached hydrogen (secondary N) is 2. The molecule has 1 saturated carbocycles. The average molecular weight is 670 g/mol. The number of hydrogen-bond acceptors (Lipinski definition) is 7. The third-order valence-electron chi connectivity index (χ3n) is 7.99. The van der Waals surface area contributed by atoms with Crippen LogP contribution >= 0.6 is 28.7 Å². The van der Waals surface area contributed by atoms with Crippen LogP contribution in [0.3, 0.4) is 0 Å². The van der Waals surface area contributed by atoms with Gasteiger partial charge in [-0.15, -0.1) is 28.7 Å². The smallest absolute Gasteiger partial charge is 0.411 e. The molecule has 3 amide bonds. The summed E-state index contributed by atoms with van der Waals surface area (Å²) in [5.41, 5.74) is 0.635. The Balaban J connectivity index is 0.00000484. The molecule has 0 aromatic heterocycles. The van der Waals surface area contributed by atoms with E-state index in [2.05, 4.69) is 39.8 Å². The van der Waals surface area contributed by atoms with Crippen molar-refractivity contribution in [3.8, 4) is 0 Å². The summed E-state index contributed by atoms with van der Waals surface area (Å²) in [4.78, 5) is 43.5. The predicted molar refractivity (Wildman–Crippen MR) is 172 cm³/mol. The van der Waals surface area contributed by atoms with Crippen molar-refractivity contribution in [3.63, 3.8) is 0 Å². The van der Waals surface area contributed by atoms with Crippen LogP contribution in [0.5, 0.6) is 0 Å². The van der Waals surface area contributed by atoms with Gasteiger partial charge in [-0.25, -0.2) is 4.79 Å². The molecule has 1 aromatic rings. The second-order valence-corrected chi connectivity index (χ2v) is 13.6. The second kappa shape index (κ2) is 16.9. The van der Waals surface area contributed by atoms with Crippen molar-refractivity contribution in [2.45, 2.75) is 96.0 Å². The lowest BCUT2D eigenvalue weighted by molar-refractivity contribution is -0.133. The average Bonchev–Trinajstić information content (AvgIpc) is 3.44. The van der Waals surface area contributed by atoms with Gasteiger partial charge in [0.05, 0.1) is 12.5 Å². The number of ether oxygens (including phenoxy) is 2. The largest absolute Gasteiger partial charge is 0.444 e. The zero-order chi connectivity index (χ0) is 29.2. The Labute approximate surface area is 266 Å². The number of hydrogen-bond donors (Lipinski definition) is 2. The van der Waals surface area contributed by atoms with E-state index in [-0.39, 0.29) is 41.4 Å². The van der Waals surface area contributed by atoms with Gasteiger partial charge in [-0.2, -0.15) is 0 Å². The van der Waals surface area contributed by atoms with E-state index in [0.717, 1.165) is 45.3 Å². The van der Waals surface area contributed by atoms with Crippen LogP contribution < -0.4 is 10.6 Å². The summed E-state index contributed by atoms with van der Waals surface area (Å²) in [6.45, 7) is 8.84. The minimum absolute atomic E-state index is 0. The Kier molecular flexibility index (Phi) is 13.9. The molecule has 2 aliphatic heterocycles. The van der Waals surface area contributed by atoms with Crippen molar-refractivity contribution in [1.82, 2.24) is 20.4 Å². The molecule has 2 N–H and O–H groups in total. The lowest BCUT2D eigenvalue weighted by Gasteiger charge is -2.33. The Morgan fingerprint density at radius 1 is 1.02 bits per heavy atom. The number of halogens is 1. The summed E-state index contributed by atoms with van der Waals surface area (Å²) >= 11 is 1.50. The van der Waals surface area contributed by atoms with E-state index < -0.39 is 23.8 Å². The molecule has 42 heavy (non-hydrogen) atoms. The molecule has 0 unspecified atom stereocenters. The van der Waals surface area contributed by atoms with Crippen molar-refractivity contribution in [3.05, 3.63) is 35.9 Å². The highest BCUT2D eigenvalue weighted by Crippen LogP contribution is 2.25. The van der Waals surface area contributed by atoms with Gasteiger partial charge in [0.2, 0.25) is 11.8 Å². The number of thioether (sulfide) groups is 1. The van der Waals surface area contributed by atoms with Gasteiger partial charge in [-0.1, -0.05) is 49.6 Å². The first-order valence-electron chi connectivity index (χ1n) is 15.2. The fourth-order valence-electron chi connectivity index (χ4n) is 5.70. The Morgan fingerprint density at radius 2 is 1.71 bits per heavy atom. The number of piperidine rings is 1. The van der Waals surface area contributed by atoms with Gasteiger partial charge >= 0.3 is 6.09 Å². The fraction of sp³-hybridized carbons (Fsp3) is 0.710. The van der Waals surface area contributed by atoms with Gasteiger partial charge in [0.15, 0.2) is 0 Å². The van der Waals surface area contributed by atoms with Crippen LogP contribution in [0.4, 0.5) is 4.79 Å². The maximum atomic E-state index is 13.5. The van der Waals surface area contributed by atoms with Gasteiger partial charge in [-0.3, -0.25) is 19.4 Å². The number of carbonyl (C=O) groups excluding carboxylic acids is 3. The number of nitrogens with zero attached hydrogens (tertiary/aromatic N) is 2. The first-order valence-corrected chi connectivity index (χ1v) is 16.4. The molecule has 2 heterocycles. The Bertz CT molecular complexity index is 997. The van der Waals surface area contributed by atoms with Crippen LogP contribution in [0.25, 0.3) is 0 Å². The summed E-state index contributed by atoms with van der Waals surface area (Å²) in [6, 6.07) is 8.97. The number of likely N-dealkylation sites (tertiary alicyclic amines) is 1. The highest BCUT2D eigenvalue weighted by molar-refractivity contribution is 8.93. The van der Waals surface area contributed by atoms with Gasteiger partial charge in [0.1, 0.15) is 17.7 Å². The second-order valence-electron chi connectivity index (χ2n) is 12.6. The van der Waals surface area contributed by atoms with Crippen molar-refractivity contribution >= 4 is 46.7 Å². The molecule has 3 fully saturated rings. The quantitative estimate of drug-likeness (QED) is 0.372. The lowest BCUT2D eigenvalue weighted by atomic mass is 9.90. The first kappa shape index (κ1) is 34.7. The van der Waals surface area contributed by atoms with E-state index in [1.165, 1.54) is 41.5 Å². The minimum Gasteiger partial charge on any atom is -0.444 e. The molecule has 2 atom stereocenters. The van der Waals surface area contributed by atoms with Gasteiger partial charge in [0.25, 0.3) is 0 Å². The van der Waals surface area contributed by atoms with Crippen molar-refractivity contribution in [2.24, 2.45) is 5.92 Å². The summed E-state index contributed by atoms with van der Waals surface area (Å²) in [5.74, 6) is 0.773. The summed E-state index contributed by atoms with van der Waals surface area (Å²) in [7, 11) is 0. The standard InChI is InChI=1S/C31H48N4O5S.BrH/c1-31(2,3)40-30(38)35-22-41-21-27(35)29(37)33-26(20-39-19-24-12-8-5-9-13-24)28(36)32-25-14-16-34(17-15-25)18-23-10-6-4-7-11-23;/h4,6-7,10-11,24-27H,5,8-9,12-22H2,1-3H3,(H,32,36)(H,33,37);1H/t26-,27-;/m0./s1. The number of rotatable bonds is 10. The molecule has 236 valence electrons. The van der Waals surface area contributed by atoms with Gasteiger partial charge in [0, 0.05) is 38.0 Å². The summed E-state index contributed by atoms with van der Waals surface area (Å²) < 4.78 is 11.6. The molecule has 1 aromatic carbocycles. The summed E-state index contributed by atoms with van der Waals surface area (Å²) in [6.07, 6.45) is 7.20. The molecule has 0 radical (unpaired) electrons.